The quantitative estimate of drug-likeness (QED) is 0.673. The Labute approximate surface area is 96.2 Å². The van der Waals surface area contributed by atoms with Gasteiger partial charge in [-0.1, -0.05) is 34.6 Å². The van der Waals surface area contributed by atoms with Gasteiger partial charge in [-0.3, -0.25) is 4.90 Å². The molecule has 2 nitrogen and oxygen atoms in total. The van der Waals surface area contributed by atoms with E-state index in [0.29, 0.717) is 0 Å². The van der Waals surface area contributed by atoms with Crippen LogP contribution in [0.4, 0.5) is 0 Å². The van der Waals surface area contributed by atoms with Crippen LogP contribution in [0.1, 0.15) is 53.9 Å². The summed E-state index contributed by atoms with van der Waals surface area (Å²) in [6.45, 7) is 14.5. The molecule has 0 unspecified atom stereocenters. The minimum atomic E-state index is 0.236. The first-order valence-electron chi connectivity index (χ1n) is 6.51. The van der Waals surface area contributed by atoms with Crippen LogP contribution in [0.25, 0.3) is 0 Å². The summed E-state index contributed by atoms with van der Waals surface area (Å²) in [4.78, 5) is 2.61. The van der Waals surface area contributed by atoms with Crippen molar-refractivity contribution in [1.82, 2.24) is 4.90 Å². The third-order valence-electron chi connectivity index (χ3n) is 3.45. The van der Waals surface area contributed by atoms with Gasteiger partial charge >= 0.3 is 0 Å². The average Bonchev–Trinajstić information content (AvgIpc) is 2.21. The monoisotopic (exact) mass is 214 g/mol. The molecule has 0 aromatic heterocycles. The Balaban J connectivity index is 4.65. The fraction of sp³-hybridized carbons (Fsp3) is 1.00. The molecule has 0 saturated heterocycles. The van der Waals surface area contributed by atoms with Crippen molar-refractivity contribution in [2.45, 2.75) is 59.4 Å². The maximum Gasteiger partial charge on any atom is 0.0326 e. The van der Waals surface area contributed by atoms with Gasteiger partial charge in [-0.2, -0.15) is 0 Å². The van der Waals surface area contributed by atoms with Crippen LogP contribution in [-0.4, -0.2) is 30.1 Å². The van der Waals surface area contributed by atoms with Crippen molar-refractivity contribution in [2.24, 2.45) is 11.7 Å². The van der Waals surface area contributed by atoms with E-state index in [-0.39, 0.29) is 5.54 Å². The Kier molecular flexibility index (Phi) is 7.20. The van der Waals surface area contributed by atoms with Crippen molar-refractivity contribution in [3.05, 3.63) is 0 Å². The van der Waals surface area contributed by atoms with Crippen LogP contribution in [0.2, 0.25) is 0 Å². The van der Waals surface area contributed by atoms with Crippen LogP contribution >= 0.6 is 0 Å². The van der Waals surface area contributed by atoms with E-state index in [0.717, 1.165) is 25.3 Å². The smallest absolute Gasteiger partial charge is 0.0326 e. The van der Waals surface area contributed by atoms with Crippen LogP contribution < -0.4 is 5.73 Å². The molecule has 0 aromatic rings. The largest absolute Gasteiger partial charge is 0.329 e. The predicted octanol–water partition coefficient (Wildman–Crippen LogP) is 2.87. The second-order valence-corrected chi connectivity index (χ2v) is 4.98. The summed E-state index contributed by atoms with van der Waals surface area (Å²) >= 11 is 0. The van der Waals surface area contributed by atoms with Gasteiger partial charge in [-0.25, -0.2) is 0 Å². The fourth-order valence-electron chi connectivity index (χ4n) is 2.35. The van der Waals surface area contributed by atoms with Crippen molar-refractivity contribution in [3.8, 4) is 0 Å². The molecule has 0 bridgehead atoms. The third kappa shape index (κ3) is 4.12. The minimum absolute atomic E-state index is 0.236. The Hall–Kier alpha value is -0.0800. The molecule has 2 N–H and O–H groups in total. The van der Waals surface area contributed by atoms with Crippen molar-refractivity contribution in [1.29, 1.82) is 0 Å². The lowest BCUT2D eigenvalue weighted by atomic mass is 9.89. The van der Waals surface area contributed by atoms with Gasteiger partial charge in [0.05, 0.1) is 0 Å². The molecule has 0 saturated carbocycles. The molecule has 0 rings (SSSR count). The Bertz CT molecular complexity index is 142. The lowest BCUT2D eigenvalue weighted by molar-refractivity contribution is 0.0722. The molecular formula is C13H30N2. The van der Waals surface area contributed by atoms with E-state index in [4.69, 9.17) is 5.73 Å². The van der Waals surface area contributed by atoms with Crippen LogP contribution in [0.5, 0.6) is 0 Å². The van der Waals surface area contributed by atoms with Crippen molar-refractivity contribution in [2.75, 3.05) is 19.6 Å². The van der Waals surface area contributed by atoms with Gasteiger partial charge in [0, 0.05) is 18.6 Å². The maximum absolute atomic E-state index is 5.99. The molecule has 0 spiro atoms. The van der Waals surface area contributed by atoms with Crippen LogP contribution in [0.3, 0.4) is 0 Å². The standard InChI is InChI=1S/C13H30N2/c1-6-9-15(10-12(4)5)13(7-2,8-3)11-14/h12H,6-11,14H2,1-5H3. The van der Waals surface area contributed by atoms with E-state index >= 15 is 0 Å². The molecule has 15 heavy (non-hydrogen) atoms. The molecule has 2 heteroatoms. The normalized spacial score (nSPS) is 12.8. The van der Waals surface area contributed by atoms with Crippen molar-refractivity contribution in [3.63, 3.8) is 0 Å². The number of hydrogen-bond acceptors (Lipinski definition) is 2. The van der Waals surface area contributed by atoms with Crippen LogP contribution in [0, 0.1) is 5.92 Å². The Morgan fingerprint density at radius 1 is 1.13 bits per heavy atom. The summed E-state index contributed by atoms with van der Waals surface area (Å²) in [5, 5.41) is 0. The number of hydrogen-bond donors (Lipinski definition) is 1. The molecule has 0 amide bonds. The molecule has 0 aliphatic heterocycles. The van der Waals surface area contributed by atoms with Crippen LogP contribution in [0.15, 0.2) is 0 Å². The first kappa shape index (κ1) is 14.9. The predicted molar refractivity (Wildman–Crippen MR) is 69.1 cm³/mol. The molecule has 0 aliphatic carbocycles. The summed E-state index contributed by atoms with van der Waals surface area (Å²) in [6, 6.07) is 0. The van der Waals surface area contributed by atoms with E-state index in [1.807, 2.05) is 0 Å². The lowest BCUT2D eigenvalue weighted by Gasteiger charge is -2.43. The summed E-state index contributed by atoms with van der Waals surface area (Å²) < 4.78 is 0. The molecule has 92 valence electrons. The highest BCUT2D eigenvalue weighted by atomic mass is 15.2. The Morgan fingerprint density at radius 2 is 1.67 bits per heavy atom. The van der Waals surface area contributed by atoms with E-state index < -0.39 is 0 Å². The van der Waals surface area contributed by atoms with Crippen molar-refractivity contribution >= 4 is 0 Å². The fourth-order valence-corrected chi connectivity index (χ4v) is 2.35. The molecule has 0 atom stereocenters. The Morgan fingerprint density at radius 3 is 1.93 bits per heavy atom. The van der Waals surface area contributed by atoms with Crippen molar-refractivity contribution < 1.29 is 0 Å². The van der Waals surface area contributed by atoms with Gasteiger partial charge < -0.3 is 5.73 Å². The van der Waals surface area contributed by atoms with Gasteiger partial charge in [0.2, 0.25) is 0 Å². The average molecular weight is 214 g/mol. The third-order valence-corrected chi connectivity index (χ3v) is 3.45. The number of nitrogens with two attached hydrogens (primary N) is 1. The summed E-state index contributed by atoms with van der Waals surface area (Å²) in [5.74, 6) is 0.723. The topological polar surface area (TPSA) is 29.3 Å². The molecule has 0 aliphatic rings. The minimum Gasteiger partial charge on any atom is -0.329 e. The highest BCUT2D eigenvalue weighted by molar-refractivity contribution is 4.89. The number of nitrogens with zero attached hydrogens (tertiary/aromatic N) is 1. The van der Waals surface area contributed by atoms with E-state index in [1.54, 1.807) is 0 Å². The maximum atomic E-state index is 5.99. The van der Waals surface area contributed by atoms with Gasteiger partial charge in [0.15, 0.2) is 0 Å². The second kappa shape index (κ2) is 7.24. The van der Waals surface area contributed by atoms with E-state index in [9.17, 15) is 0 Å². The molecular weight excluding hydrogens is 184 g/mol. The van der Waals surface area contributed by atoms with Gasteiger partial charge in [0.25, 0.3) is 0 Å². The molecule has 0 radical (unpaired) electrons. The zero-order valence-corrected chi connectivity index (χ0v) is 11.3. The summed E-state index contributed by atoms with van der Waals surface area (Å²) in [7, 11) is 0. The second-order valence-electron chi connectivity index (χ2n) is 4.98. The zero-order chi connectivity index (χ0) is 11.9. The SMILES string of the molecule is CCCN(CC(C)C)C(CC)(CC)CN. The first-order valence-corrected chi connectivity index (χ1v) is 6.51. The van der Waals surface area contributed by atoms with E-state index in [2.05, 4.69) is 39.5 Å². The summed E-state index contributed by atoms with van der Waals surface area (Å²) in [6.07, 6.45) is 3.54. The zero-order valence-electron chi connectivity index (χ0n) is 11.3. The molecule has 0 fully saturated rings. The van der Waals surface area contributed by atoms with Gasteiger partial charge in [0.1, 0.15) is 0 Å². The van der Waals surface area contributed by atoms with Gasteiger partial charge in [-0.15, -0.1) is 0 Å². The van der Waals surface area contributed by atoms with Crippen LogP contribution in [-0.2, 0) is 0 Å². The summed E-state index contributed by atoms with van der Waals surface area (Å²) in [5.41, 5.74) is 6.23. The molecule has 0 aromatic carbocycles. The highest BCUT2D eigenvalue weighted by Gasteiger charge is 2.31. The lowest BCUT2D eigenvalue weighted by Crippen LogP contribution is -2.54. The van der Waals surface area contributed by atoms with E-state index in [1.165, 1.54) is 19.5 Å². The van der Waals surface area contributed by atoms with Gasteiger partial charge in [-0.05, 0) is 31.7 Å². The molecule has 0 heterocycles. The first-order chi connectivity index (χ1) is 7.06. The number of rotatable bonds is 8. The highest BCUT2D eigenvalue weighted by Crippen LogP contribution is 2.24.